The van der Waals surface area contributed by atoms with Gasteiger partial charge in [0.25, 0.3) is 0 Å². The van der Waals surface area contributed by atoms with Crippen molar-refractivity contribution >= 4 is 5.97 Å². The molecule has 1 aliphatic rings. The molecule has 0 unspecified atom stereocenters. The van der Waals surface area contributed by atoms with E-state index in [2.05, 4.69) is 4.74 Å². The third-order valence-electron chi connectivity index (χ3n) is 5.99. The average molecular weight is 468 g/mol. The van der Waals surface area contributed by atoms with Crippen LogP contribution >= 0.6 is 0 Å². The van der Waals surface area contributed by atoms with E-state index >= 15 is 0 Å². The van der Waals surface area contributed by atoms with E-state index in [1.54, 1.807) is 13.8 Å². The Bertz CT molecular complexity index is 1010. The van der Waals surface area contributed by atoms with Crippen molar-refractivity contribution in [2.75, 3.05) is 6.61 Å². The fraction of sp³-hybridized carbons (Fsp3) is 0.400. The van der Waals surface area contributed by atoms with E-state index in [9.17, 15) is 26.7 Å². The van der Waals surface area contributed by atoms with Gasteiger partial charge >= 0.3 is 18.3 Å². The normalized spacial score (nSPS) is 20.1. The van der Waals surface area contributed by atoms with Crippen LogP contribution in [0.4, 0.5) is 22.0 Å². The molecule has 0 spiro atoms. The zero-order chi connectivity index (χ0) is 24.4. The van der Waals surface area contributed by atoms with E-state index in [-0.39, 0.29) is 12.7 Å². The molecule has 2 aromatic carbocycles. The highest BCUT2D eigenvalue weighted by Crippen LogP contribution is 2.59. The lowest BCUT2D eigenvalue weighted by atomic mass is 9.97. The van der Waals surface area contributed by atoms with Crippen LogP contribution in [0.2, 0.25) is 0 Å². The van der Waals surface area contributed by atoms with E-state index in [0.717, 1.165) is 28.3 Å². The van der Waals surface area contributed by atoms with E-state index in [1.807, 2.05) is 55.5 Å². The molecule has 1 aliphatic carbocycles. The molecule has 0 amide bonds. The minimum Gasteiger partial charge on any atom is -0.461 e. The highest BCUT2D eigenvalue weighted by molar-refractivity contribution is 5.78. The van der Waals surface area contributed by atoms with Gasteiger partial charge in [-0.2, -0.15) is 22.0 Å². The van der Waals surface area contributed by atoms with E-state index in [4.69, 9.17) is 4.74 Å². The summed E-state index contributed by atoms with van der Waals surface area (Å²) in [4.78, 5) is 12.6. The first kappa shape index (κ1) is 24.9. The Kier molecular flexibility index (Phi) is 6.98. The summed E-state index contributed by atoms with van der Waals surface area (Å²) in [6.07, 6.45) is -7.65. The molecule has 8 heteroatoms. The van der Waals surface area contributed by atoms with Crippen LogP contribution in [0.15, 0.2) is 60.7 Å². The summed E-state index contributed by atoms with van der Waals surface area (Å²) in [5.74, 6) is -1.81. The minimum absolute atomic E-state index is 0.0270. The molecule has 1 saturated carbocycles. The van der Waals surface area contributed by atoms with Crippen molar-refractivity contribution in [1.29, 1.82) is 0 Å². The quantitative estimate of drug-likeness (QED) is 0.246. The van der Waals surface area contributed by atoms with Gasteiger partial charge in [0, 0.05) is 6.08 Å². The van der Waals surface area contributed by atoms with Crippen molar-refractivity contribution < 1.29 is 36.2 Å². The Morgan fingerprint density at radius 3 is 2.33 bits per heavy atom. The van der Waals surface area contributed by atoms with Crippen LogP contribution in [-0.4, -0.2) is 24.9 Å². The van der Waals surface area contributed by atoms with Gasteiger partial charge in [0.05, 0.1) is 5.92 Å². The van der Waals surface area contributed by atoms with Crippen LogP contribution in [0, 0.1) is 24.2 Å². The Morgan fingerprint density at radius 1 is 1.03 bits per heavy atom. The summed E-state index contributed by atoms with van der Waals surface area (Å²) in [5.41, 5.74) is 3.17. The van der Waals surface area contributed by atoms with Crippen LogP contribution in [0.25, 0.3) is 11.1 Å². The predicted molar refractivity (Wildman–Crippen MR) is 113 cm³/mol. The smallest absolute Gasteiger partial charge is 0.412 e. The summed E-state index contributed by atoms with van der Waals surface area (Å²) in [5, 5.41) is 0. The van der Waals surface area contributed by atoms with Gasteiger partial charge in [-0.1, -0.05) is 68.5 Å². The largest absolute Gasteiger partial charge is 0.461 e. The van der Waals surface area contributed by atoms with Crippen LogP contribution in [0.5, 0.6) is 0 Å². The van der Waals surface area contributed by atoms with Gasteiger partial charge in [0.15, 0.2) is 0 Å². The predicted octanol–water partition coefficient (Wildman–Crippen LogP) is 6.71. The number of carbonyl (C=O) groups excluding carboxylic acids is 1. The Labute approximate surface area is 189 Å². The number of ether oxygens (including phenoxy) is 2. The first-order valence-corrected chi connectivity index (χ1v) is 10.4. The molecule has 3 nitrogen and oxygen atoms in total. The Morgan fingerprint density at radius 2 is 1.70 bits per heavy atom. The maximum Gasteiger partial charge on any atom is 0.412 e. The first-order valence-electron chi connectivity index (χ1n) is 10.4. The van der Waals surface area contributed by atoms with Crippen molar-refractivity contribution in [3.63, 3.8) is 0 Å². The number of hydrogen-bond acceptors (Lipinski definition) is 3. The summed E-state index contributed by atoms with van der Waals surface area (Å²) in [6.45, 7) is 3.32. The molecular weight excluding hydrogens is 443 g/mol. The van der Waals surface area contributed by atoms with Crippen LogP contribution < -0.4 is 0 Å². The Hall–Kier alpha value is -2.74. The monoisotopic (exact) mass is 468 g/mol. The molecule has 3 rings (SSSR count). The second-order valence-electron chi connectivity index (χ2n) is 8.71. The summed E-state index contributed by atoms with van der Waals surface area (Å²) < 4.78 is 72.6. The van der Waals surface area contributed by atoms with Crippen LogP contribution in [-0.2, 0) is 20.9 Å². The number of alkyl halides is 5. The number of hydrogen-bond donors (Lipinski definition) is 0. The second kappa shape index (κ2) is 9.25. The zero-order valence-electron chi connectivity index (χ0n) is 18.5. The fourth-order valence-corrected chi connectivity index (χ4v) is 3.94. The molecule has 0 saturated heterocycles. The van der Waals surface area contributed by atoms with Gasteiger partial charge in [0.1, 0.15) is 13.2 Å². The lowest BCUT2D eigenvalue weighted by molar-refractivity contribution is -0.264. The summed E-state index contributed by atoms with van der Waals surface area (Å²) >= 11 is 0. The van der Waals surface area contributed by atoms with Gasteiger partial charge in [-0.05, 0) is 40.5 Å². The van der Waals surface area contributed by atoms with Gasteiger partial charge < -0.3 is 9.47 Å². The summed E-state index contributed by atoms with van der Waals surface area (Å²) in [6, 6.07) is 15.4. The second-order valence-corrected chi connectivity index (χ2v) is 8.71. The minimum atomic E-state index is -4.86. The fourth-order valence-electron chi connectivity index (χ4n) is 3.94. The molecule has 0 radical (unpaired) electrons. The lowest BCUT2D eigenvalue weighted by Gasteiger charge is -2.14. The molecule has 0 N–H and O–H groups in total. The van der Waals surface area contributed by atoms with Gasteiger partial charge in [-0.15, -0.1) is 0 Å². The van der Waals surface area contributed by atoms with Crippen molar-refractivity contribution in [2.24, 2.45) is 17.3 Å². The van der Waals surface area contributed by atoms with Crippen molar-refractivity contribution in [1.82, 2.24) is 0 Å². The molecule has 0 aromatic heterocycles. The highest BCUT2D eigenvalue weighted by Gasteiger charge is 2.61. The summed E-state index contributed by atoms with van der Waals surface area (Å²) in [7, 11) is 0. The highest BCUT2D eigenvalue weighted by atomic mass is 19.4. The molecule has 0 bridgehead atoms. The van der Waals surface area contributed by atoms with Crippen LogP contribution in [0.1, 0.15) is 25.0 Å². The van der Waals surface area contributed by atoms with Crippen molar-refractivity contribution in [2.45, 2.75) is 39.7 Å². The molecule has 2 atom stereocenters. The van der Waals surface area contributed by atoms with Crippen LogP contribution in [0.3, 0.4) is 0 Å². The van der Waals surface area contributed by atoms with Crippen molar-refractivity contribution in [3.8, 4) is 11.1 Å². The maximum absolute atomic E-state index is 13.6. The molecular formula is C25H25F5O3. The number of halogens is 5. The molecule has 0 aliphatic heterocycles. The molecule has 1 fully saturated rings. The van der Waals surface area contributed by atoms with E-state index in [0.29, 0.717) is 0 Å². The molecule has 2 aromatic rings. The lowest BCUT2D eigenvalue weighted by Crippen LogP contribution is -2.26. The third kappa shape index (κ3) is 6.19. The van der Waals surface area contributed by atoms with E-state index < -0.39 is 42.1 Å². The molecule has 33 heavy (non-hydrogen) atoms. The number of rotatable bonds is 8. The Balaban J connectivity index is 1.62. The van der Waals surface area contributed by atoms with Crippen molar-refractivity contribution in [3.05, 3.63) is 71.8 Å². The van der Waals surface area contributed by atoms with Gasteiger partial charge in [0.2, 0.25) is 0 Å². The van der Waals surface area contributed by atoms with Gasteiger partial charge in [-0.3, -0.25) is 4.79 Å². The maximum atomic E-state index is 13.6. The van der Waals surface area contributed by atoms with E-state index in [1.165, 1.54) is 0 Å². The zero-order valence-corrected chi connectivity index (χ0v) is 18.5. The standard InChI is InChI=1S/C25H25F5O3/c1-16-18(10-7-11-19(16)17-8-5-4-6-9-17)14-32-22(31)21-20(23(21,2)3)12-13-25(29,30)33-15-24(26,27)28/h4-13,20-21H,14-15H2,1-3H3/b13-12-/t20-,21+/m1/s1. The number of allylic oxidation sites excluding steroid dienone is 1. The SMILES string of the molecule is Cc1c(COC(=O)[C@@H]2[C@@H](/C=C\C(F)(F)OCC(F)(F)F)C2(C)C)cccc1-c1ccccc1. The number of esters is 1. The average Bonchev–Trinajstić information content (AvgIpc) is 3.30. The third-order valence-corrected chi connectivity index (χ3v) is 5.99. The number of carbonyl (C=O) groups is 1. The first-order chi connectivity index (χ1) is 15.3. The molecule has 178 valence electrons. The number of benzene rings is 2. The molecule has 0 heterocycles. The van der Waals surface area contributed by atoms with Gasteiger partial charge in [-0.25, -0.2) is 0 Å². The topological polar surface area (TPSA) is 35.5 Å².